The number of phenolic OH excluding ortho intramolecular Hbond substituents is 1. The molecule has 68 valence electrons. The minimum absolute atomic E-state index is 0. The molecule has 0 unspecified atom stereocenters. The lowest BCUT2D eigenvalue weighted by Gasteiger charge is -2.19. The predicted molar refractivity (Wildman–Crippen MR) is 54.1 cm³/mol. The molecule has 0 amide bonds. The van der Waals surface area contributed by atoms with E-state index >= 15 is 0 Å². The van der Waals surface area contributed by atoms with Crippen LogP contribution in [0, 0.1) is 0 Å². The van der Waals surface area contributed by atoms with Gasteiger partial charge < -0.3 is 5.11 Å². The Bertz CT molecular complexity index is 250. The van der Waals surface area contributed by atoms with E-state index in [-0.39, 0.29) is 17.8 Å². The number of hydrogen-bond donors (Lipinski definition) is 1. The van der Waals surface area contributed by atoms with Crippen molar-refractivity contribution in [3.8, 4) is 5.75 Å². The van der Waals surface area contributed by atoms with E-state index in [1.165, 1.54) is 0 Å². The van der Waals surface area contributed by atoms with Gasteiger partial charge in [-0.3, -0.25) is 0 Å². The first-order valence-electron chi connectivity index (χ1n) is 3.80. The third-order valence-corrected chi connectivity index (χ3v) is 1.71. The summed E-state index contributed by atoms with van der Waals surface area (Å²) in [5.74, 6) is 0.389. The van der Waals surface area contributed by atoms with Gasteiger partial charge >= 0.3 is 0 Å². The highest BCUT2D eigenvalue weighted by atomic mass is 35.5. The highest BCUT2D eigenvalue weighted by molar-refractivity contribution is 5.85. The quantitative estimate of drug-likeness (QED) is 0.660. The zero-order valence-electron chi connectivity index (χ0n) is 7.66. The lowest BCUT2D eigenvalue weighted by atomic mass is 9.86. The van der Waals surface area contributed by atoms with Gasteiger partial charge in [0.2, 0.25) is 0 Å². The van der Waals surface area contributed by atoms with E-state index in [0.717, 1.165) is 5.56 Å². The summed E-state index contributed by atoms with van der Waals surface area (Å²) in [4.78, 5) is 0. The number of phenols is 1. The molecule has 1 nitrogen and oxygen atoms in total. The molecule has 0 aliphatic carbocycles. The summed E-state index contributed by atoms with van der Waals surface area (Å²) >= 11 is 0. The van der Waals surface area contributed by atoms with Crippen molar-refractivity contribution in [2.75, 3.05) is 0 Å². The molecule has 0 aromatic heterocycles. The van der Waals surface area contributed by atoms with E-state index in [0.29, 0.717) is 5.75 Å². The number of rotatable bonds is 0. The highest BCUT2D eigenvalue weighted by Crippen LogP contribution is 2.29. The Morgan fingerprint density at radius 2 is 1.58 bits per heavy atom. The van der Waals surface area contributed by atoms with Crippen molar-refractivity contribution in [2.45, 2.75) is 26.2 Å². The molecular formula is C10H15ClO. The molecular weight excluding hydrogens is 172 g/mol. The van der Waals surface area contributed by atoms with Gasteiger partial charge in [-0.2, -0.15) is 0 Å². The lowest BCUT2D eigenvalue weighted by Crippen LogP contribution is -2.10. The zero-order valence-corrected chi connectivity index (χ0v) is 8.48. The highest BCUT2D eigenvalue weighted by Gasteiger charge is 2.16. The van der Waals surface area contributed by atoms with E-state index in [1.54, 1.807) is 6.07 Å². The van der Waals surface area contributed by atoms with Crippen molar-refractivity contribution in [3.05, 3.63) is 29.8 Å². The Morgan fingerprint density at radius 1 is 1.08 bits per heavy atom. The van der Waals surface area contributed by atoms with Crippen molar-refractivity contribution >= 4 is 12.4 Å². The van der Waals surface area contributed by atoms with Crippen LogP contribution in [-0.4, -0.2) is 5.11 Å². The third kappa shape index (κ3) is 2.42. The van der Waals surface area contributed by atoms with E-state index in [2.05, 4.69) is 20.8 Å². The van der Waals surface area contributed by atoms with Crippen molar-refractivity contribution in [1.82, 2.24) is 0 Å². The molecule has 0 saturated carbocycles. The summed E-state index contributed by atoms with van der Waals surface area (Å²) in [6, 6.07) is 7.46. The normalized spacial score (nSPS) is 10.6. The predicted octanol–water partition coefficient (Wildman–Crippen LogP) is 3.11. The van der Waals surface area contributed by atoms with Gasteiger partial charge in [0, 0.05) is 0 Å². The average molecular weight is 187 g/mol. The summed E-state index contributed by atoms with van der Waals surface area (Å²) < 4.78 is 0. The molecule has 0 radical (unpaired) electrons. The molecule has 12 heavy (non-hydrogen) atoms. The maximum atomic E-state index is 9.45. The fourth-order valence-corrected chi connectivity index (χ4v) is 1.11. The molecule has 1 N–H and O–H groups in total. The van der Waals surface area contributed by atoms with Crippen LogP contribution in [0.15, 0.2) is 24.3 Å². The van der Waals surface area contributed by atoms with Crippen LogP contribution in [-0.2, 0) is 5.41 Å². The second-order valence-corrected chi connectivity index (χ2v) is 3.77. The second-order valence-electron chi connectivity index (χ2n) is 3.77. The van der Waals surface area contributed by atoms with Gasteiger partial charge in [-0.15, -0.1) is 12.4 Å². The van der Waals surface area contributed by atoms with Crippen LogP contribution < -0.4 is 0 Å². The Morgan fingerprint density at radius 3 is 1.92 bits per heavy atom. The molecule has 2 heteroatoms. The van der Waals surface area contributed by atoms with Crippen LogP contribution in [0.5, 0.6) is 5.75 Å². The summed E-state index contributed by atoms with van der Waals surface area (Å²) in [6.07, 6.45) is 0. The van der Waals surface area contributed by atoms with Gasteiger partial charge in [-0.05, 0) is 17.0 Å². The number of para-hydroxylation sites is 1. The number of hydrogen-bond acceptors (Lipinski definition) is 1. The summed E-state index contributed by atoms with van der Waals surface area (Å²) in [5, 5.41) is 9.45. The minimum atomic E-state index is 0. The van der Waals surface area contributed by atoms with Gasteiger partial charge in [0.25, 0.3) is 0 Å². The molecule has 1 aromatic carbocycles. The summed E-state index contributed by atoms with van der Waals surface area (Å²) in [5.41, 5.74) is 1.03. The van der Waals surface area contributed by atoms with Crippen LogP contribution in [0.4, 0.5) is 0 Å². The molecule has 0 bridgehead atoms. The molecule has 1 rings (SSSR count). The lowest BCUT2D eigenvalue weighted by molar-refractivity contribution is 0.447. The number of aromatic hydroxyl groups is 1. The fraction of sp³-hybridized carbons (Fsp3) is 0.400. The van der Waals surface area contributed by atoms with Crippen LogP contribution in [0.25, 0.3) is 0 Å². The van der Waals surface area contributed by atoms with Gasteiger partial charge in [0.05, 0.1) is 0 Å². The van der Waals surface area contributed by atoms with E-state index < -0.39 is 0 Å². The Labute approximate surface area is 79.8 Å². The standard InChI is InChI=1S/C10H14O.ClH/c1-10(2,3)8-6-4-5-7-9(8)11;/h4-7,11H,1-3H3;1H. The van der Waals surface area contributed by atoms with Gasteiger partial charge in [-0.25, -0.2) is 0 Å². The Kier molecular flexibility index (Phi) is 3.59. The zero-order chi connectivity index (χ0) is 8.48. The molecule has 0 spiro atoms. The van der Waals surface area contributed by atoms with E-state index in [9.17, 15) is 5.11 Å². The topological polar surface area (TPSA) is 20.2 Å². The van der Waals surface area contributed by atoms with Gasteiger partial charge in [-0.1, -0.05) is 39.0 Å². The Balaban J connectivity index is 0.00000121. The van der Waals surface area contributed by atoms with Crippen molar-refractivity contribution in [1.29, 1.82) is 0 Å². The monoisotopic (exact) mass is 186 g/mol. The molecule has 0 aliphatic heterocycles. The van der Waals surface area contributed by atoms with Crippen LogP contribution >= 0.6 is 12.4 Å². The maximum absolute atomic E-state index is 9.45. The first-order valence-corrected chi connectivity index (χ1v) is 3.80. The largest absolute Gasteiger partial charge is 0.508 e. The van der Waals surface area contributed by atoms with Gasteiger partial charge in [0.1, 0.15) is 5.75 Å². The molecule has 0 heterocycles. The van der Waals surface area contributed by atoms with Gasteiger partial charge in [0.15, 0.2) is 0 Å². The first-order chi connectivity index (χ1) is 5.02. The average Bonchev–Trinajstić information content (AvgIpc) is 1.86. The maximum Gasteiger partial charge on any atom is 0.119 e. The van der Waals surface area contributed by atoms with Crippen molar-refractivity contribution in [2.24, 2.45) is 0 Å². The molecule has 0 fully saturated rings. The Hall–Kier alpha value is -0.690. The molecule has 0 saturated heterocycles. The summed E-state index contributed by atoms with van der Waals surface area (Å²) in [7, 11) is 0. The molecule has 1 aromatic rings. The number of benzene rings is 1. The van der Waals surface area contributed by atoms with Crippen molar-refractivity contribution < 1.29 is 5.11 Å². The molecule has 0 atom stereocenters. The molecule has 0 aliphatic rings. The summed E-state index contributed by atoms with van der Waals surface area (Å²) in [6.45, 7) is 6.26. The third-order valence-electron chi connectivity index (χ3n) is 1.71. The van der Waals surface area contributed by atoms with Crippen LogP contribution in [0.2, 0.25) is 0 Å². The first kappa shape index (κ1) is 11.3. The number of halogens is 1. The fourth-order valence-electron chi connectivity index (χ4n) is 1.11. The van der Waals surface area contributed by atoms with Crippen LogP contribution in [0.1, 0.15) is 26.3 Å². The van der Waals surface area contributed by atoms with E-state index in [4.69, 9.17) is 0 Å². The minimum Gasteiger partial charge on any atom is -0.508 e. The smallest absolute Gasteiger partial charge is 0.119 e. The second kappa shape index (κ2) is 3.81. The SMILES string of the molecule is CC(C)(C)c1ccccc1O.Cl. The van der Waals surface area contributed by atoms with Crippen LogP contribution in [0.3, 0.4) is 0 Å². The van der Waals surface area contributed by atoms with E-state index in [1.807, 2.05) is 18.2 Å². The van der Waals surface area contributed by atoms with Crippen molar-refractivity contribution in [3.63, 3.8) is 0 Å².